The van der Waals surface area contributed by atoms with Crippen LogP contribution in [0.4, 0.5) is 11.4 Å². The predicted molar refractivity (Wildman–Crippen MR) is 162 cm³/mol. The lowest BCUT2D eigenvalue weighted by Gasteiger charge is -2.25. The molecule has 0 saturated heterocycles. The summed E-state index contributed by atoms with van der Waals surface area (Å²) in [4.78, 5) is 12.1. The summed E-state index contributed by atoms with van der Waals surface area (Å²) in [6.45, 7) is 4.34. The molecule has 222 valence electrons. The highest BCUT2D eigenvalue weighted by Crippen LogP contribution is 2.30. The molecule has 0 aliphatic heterocycles. The van der Waals surface area contributed by atoms with Crippen molar-refractivity contribution in [3.8, 4) is 0 Å². The second-order valence-electron chi connectivity index (χ2n) is 10.5. The molecule has 1 atom stereocenters. The zero-order valence-corrected chi connectivity index (χ0v) is 25.9. The van der Waals surface area contributed by atoms with Crippen LogP contribution in [0.3, 0.4) is 0 Å². The Hall–Kier alpha value is -2.93. The van der Waals surface area contributed by atoms with Crippen LogP contribution in [0.1, 0.15) is 66.2 Å². The summed E-state index contributed by atoms with van der Waals surface area (Å²) in [7, 11) is -6.69. The molecule has 4 rings (SSSR count). The third-order valence-corrected chi connectivity index (χ3v) is 11.7. The molecular weight excluding hydrogens is 583 g/mol. The van der Waals surface area contributed by atoms with Crippen molar-refractivity contribution in [1.82, 2.24) is 5.32 Å². The number of carbonyl (C=O) groups excluding carboxylic acids is 1. The minimum Gasteiger partial charge on any atom is -0.465 e. The number of hydrogen-bond donors (Lipinski definition) is 3. The van der Waals surface area contributed by atoms with Crippen molar-refractivity contribution < 1.29 is 26.4 Å². The zero-order chi connectivity index (χ0) is 29.6. The second-order valence-corrected chi connectivity index (χ2v) is 15.1. The Morgan fingerprint density at radius 2 is 1.66 bits per heavy atom. The number of anilines is 2. The van der Waals surface area contributed by atoms with E-state index in [-0.39, 0.29) is 19.7 Å². The topological polar surface area (TPSA) is 131 Å². The number of thiophene rings is 1. The number of ether oxygens (including phenoxy) is 1. The number of para-hydroxylation sites is 1. The molecule has 0 spiro atoms. The molecule has 0 bridgehead atoms. The predicted octanol–water partition coefficient (Wildman–Crippen LogP) is 5.89. The van der Waals surface area contributed by atoms with Gasteiger partial charge < -0.3 is 10.1 Å². The van der Waals surface area contributed by atoms with E-state index >= 15 is 0 Å². The summed E-state index contributed by atoms with van der Waals surface area (Å²) in [6.07, 6.45) is 7.63. The maximum Gasteiger partial charge on any atom is 0.348 e. The van der Waals surface area contributed by atoms with E-state index in [4.69, 9.17) is 4.74 Å². The zero-order valence-electron chi connectivity index (χ0n) is 23.5. The standard InChI is InChI=1S/C29H37N3O6S3/c1-20-17-27(39-28(20)29(33)38-3)41(36,37)31-24-13-15-25(16-14-24)40(34,35)32-26-12-8-7-11-23(26)19-30-21(2)18-22-9-5-4-6-10-22/h7-8,11-17,21-22,30-32H,4-6,9-10,18-19H2,1-3H3/t21-/m0/s1. The van der Waals surface area contributed by atoms with E-state index in [0.29, 0.717) is 23.8 Å². The van der Waals surface area contributed by atoms with Crippen LogP contribution in [0.25, 0.3) is 0 Å². The third-order valence-electron chi connectivity index (χ3n) is 7.26. The van der Waals surface area contributed by atoms with Crippen LogP contribution < -0.4 is 14.8 Å². The monoisotopic (exact) mass is 619 g/mol. The van der Waals surface area contributed by atoms with Crippen LogP contribution >= 0.6 is 11.3 Å². The molecule has 3 aromatic rings. The van der Waals surface area contributed by atoms with Crippen LogP contribution in [-0.4, -0.2) is 36.0 Å². The highest BCUT2D eigenvalue weighted by atomic mass is 32.2. The Bertz CT molecular complexity index is 1560. The van der Waals surface area contributed by atoms with Crippen LogP contribution in [0, 0.1) is 12.8 Å². The number of nitrogens with one attached hydrogen (secondary N) is 3. The molecule has 0 amide bonds. The second kappa shape index (κ2) is 13.4. The van der Waals surface area contributed by atoms with Crippen molar-refractivity contribution in [1.29, 1.82) is 0 Å². The van der Waals surface area contributed by atoms with Gasteiger partial charge >= 0.3 is 5.97 Å². The molecule has 1 heterocycles. The van der Waals surface area contributed by atoms with Crippen LogP contribution in [-0.2, 0) is 31.3 Å². The molecule has 1 aliphatic carbocycles. The molecule has 1 aromatic heterocycles. The summed E-state index contributed by atoms with van der Waals surface area (Å²) in [5, 5.41) is 3.54. The van der Waals surface area contributed by atoms with Crippen LogP contribution in [0.15, 0.2) is 63.7 Å². The SMILES string of the molecule is COC(=O)c1sc(S(=O)(=O)Nc2ccc(S(=O)(=O)Nc3ccccc3CN[C@@H](C)CC3CCCCC3)cc2)cc1C. The summed E-state index contributed by atoms with van der Waals surface area (Å²) in [5.41, 5.74) is 2.01. The van der Waals surface area contributed by atoms with Crippen molar-refractivity contribution in [3.05, 3.63) is 70.6 Å². The Morgan fingerprint density at radius 3 is 2.34 bits per heavy atom. The first kappa shape index (κ1) is 31.0. The van der Waals surface area contributed by atoms with E-state index in [1.165, 1.54) is 69.5 Å². The molecule has 3 N–H and O–H groups in total. The van der Waals surface area contributed by atoms with E-state index < -0.39 is 26.0 Å². The number of rotatable bonds is 12. The fraction of sp³-hybridized carbons (Fsp3) is 0.414. The number of carbonyl (C=O) groups is 1. The molecule has 2 aromatic carbocycles. The Labute approximate surface area is 246 Å². The van der Waals surface area contributed by atoms with E-state index in [1.54, 1.807) is 19.1 Å². The van der Waals surface area contributed by atoms with Gasteiger partial charge in [0, 0.05) is 18.3 Å². The number of methoxy groups -OCH3 is 1. The van der Waals surface area contributed by atoms with Gasteiger partial charge in [-0.05, 0) is 73.7 Å². The van der Waals surface area contributed by atoms with Gasteiger partial charge in [0.2, 0.25) is 0 Å². The Kier molecular flexibility index (Phi) is 10.1. The van der Waals surface area contributed by atoms with E-state index in [0.717, 1.165) is 29.2 Å². The number of hydrogen-bond acceptors (Lipinski definition) is 8. The normalized spacial score (nSPS) is 15.3. The Morgan fingerprint density at radius 1 is 0.976 bits per heavy atom. The minimum absolute atomic E-state index is 0.00572. The lowest BCUT2D eigenvalue weighted by molar-refractivity contribution is 0.0605. The first-order valence-corrected chi connectivity index (χ1v) is 17.4. The maximum absolute atomic E-state index is 13.2. The largest absolute Gasteiger partial charge is 0.465 e. The molecule has 0 radical (unpaired) electrons. The third kappa shape index (κ3) is 8.09. The average molecular weight is 620 g/mol. The molecule has 1 saturated carbocycles. The summed E-state index contributed by atoms with van der Waals surface area (Å²) in [6, 6.07) is 14.5. The van der Waals surface area contributed by atoms with Crippen LogP contribution in [0.5, 0.6) is 0 Å². The first-order chi connectivity index (χ1) is 19.5. The smallest absolute Gasteiger partial charge is 0.348 e. The van der Waals surface area contributed by atoms with Crippen molar-refractivity contribution in [2.45, 2.75) is 74.1 Å². The maximum atomic E-state index is 13.2. The highest BCUT2D eigenvalue weighted by molar-refractivity contribution is 7.94. The van der Waals surface area contributed by atoms with Gasteiger partial charge in [0.15, 0.2) is 0 Å². The van der Waals surface area contributed by atoms with Gasteiger partial charge in [-0.3, -0.25) is 9.44 Å². The fourth-order valence-corrected chi connectivity index (χ4v) is 8.67. The number of sulfonamides is 2. The van der Waals surface area contributed by atoms with Crippen LogP contribution in [0.2, 0.25) is 0 Å². The highest BCUT2D eigenvalue weighted by Gasteiger charge is 2.23. The van der Waals surface area contributed by atoms with Crippen molar-refractivity contribution >= 4 is 48.7 Å². The lowest BCUT2D eigenvalue weighted by atomic mass is 9.85. The molecule has 0 unspecified atom stereocenters. The van der Waals surface area contributed by atoms with E-state index in [1.807, 2.05) is 12.1 Å². The van der Waals surface area contributed by atoms with Gasteiger partial charge in [-0.25, -0.2) is 21.6 Å². The van der Waals surface area contributed by atoms with Crippen molar-refractivity contribution in [2.24, 2.45) is 5.92 Å². The molecule has 1 fully saturated rings. The fourth-order valence-electron chi connectivity index (χ4n) is 5.06. The number of benzene rings is 2. The summed E-state index contributed by atoms with van der Waals surface area (Å²) < 4.78 is 61.9. The first-order valence-electron chi connectivity index (χ1n) is 13.6. The minimum atomic E-state index is -3.99. The summed E-state index contributed by atoms with van der Waals surface area (Å²) in [5.74, 6) is 0.140. The molecular formula is C29H37N3O6S3. The van der Waals surface area contributed by atoms with Crippen molar-refractivity contribution in [2.75, 3.05) is 16.6 Å². The average Bonchev–Trinajstić information content (AvgIpc) is 3.35. The summed E-state index contributed by atoms with van der Waals surface area (Å²) >= 11 is 0.806. The van der Waals surface area contributed by atoms with Gasteiger partial charge in [-0.1, -0.05) is 50.3 Å². The van der Waals surface area contributed by atoms with Gasteiger partial charge in [0.1, 0.15) is 9.09 Å². The van der Waals surface area contributed by atoms with Gasteiger partial charge in [0.25, 0.3) is 20.0 Å². The van der Waals surface area contributed by atoms with Gasteiger partial charge in [-0.2, -0.15) is 0 Å². The number of aryl methyl sites for hydroxylation is 1. The molecule has 1 aliphatic rings. The molecule has 9 nitrogen and oxygen atoms in total. The van der Waals surface area contributed by atoms with Gasteiger partial charge in [0.05, 0.1) is 17.7 Å². The quantitative estimate of drug-likeness (QED) is 0.215. The number of esters is 1. The lowest BCUT2D eigenvalue weighted by Crippen LogP contribution is -2.29. The molecule has 41 heavy (non-hydrogen) atoms. The van der Waals surface area contributed by atoms with Gasteiger partial charge in [-0.15, -0.1) is 11.3 Å². The van der Waals surface area contributed by atoms with E-state index in [2.05, 4.69) is 21.7 Å². The van der Waals surface area contributed by atoms with Crippen molar-refractivity contribution in [3.63, 3.8) is 0 Å². The Balaban J connectivity index is 1.41. The molecule has 12 heteroatoms. The van der Waals surface area contributed by atoms with E-state index in [9.17, 15) is 21.6 Å².